The highest BCUT2D eigenvalue weighted by Crippen LogP contribution is 2.25. The molecule has 2 N–H and O–H groups in total. The third-order valence-corrected chi connectivity index (χ3v) is 3.24. The molecule has 4 heteroatoms. The van der Waals surface area contributed by atoms with Crippen molar-refractivity contribution >= 4 is 11.6 Å². The van der Waals surface area contributed by atoms with Gasteiger partial charge in [0.15, 0.2) is 0 Å². The predicted octanol–water partition coefficient (Wildman–Crippen LogP) is 3.39. The van der Waals surface area contributed by atoms with Crippen LogP contribution in [0.5, 0.6) is 0 Å². The fraction of sp³-hybridized carbons (Fsp3) is 0.333. The lowest BCUT2D eigenvalue weighted by Crippen LogP contribution is -2.12. The first kappa shape index (κ1) is 13.3. The van der Waals surface area contributed by atoms with E-state index in [1.54, 1.807) is 6.33 Å². The van der Waals surface area contributed by atoms with Crippen LogP contribution < -0.4 is 10.6 Å². The summed E-state index contributed by atoms with van der Waals surface area (Å²) in [6.45, 7) is 4.19. The van der Waals surface area contributed by atoms with Crippen LogP contribution in [0.3, 0.4) is 0 Å². The van der Waals surface area contributed by atoms with Crippen molar-refractivity contribution in [3.8, 4) is 0 Å². The van der Waals surface area contributed by atoms with Gasteiger partial charge in [-0.3, -0.25) is 0 Å². The average Bonchev–Trinajstić information content (AvgIpc) is 2.47. The Kier molecular flexibility index (Phi) is 4.34. The first-order chi connectivity index (χ1) is 9.26. The summed E-state index contributed by atoms with van der Waals surface area (Å²) in [5, 5.41) is 6.57. The van der Waals surface area contributed by atoms with Crippen LogP contribution in [-0.2, 0) is 0 Å². The van der Waals surface area contributed by atoms with Gasteiger partial charge in [0.25, 0.3) is 0 Å². The molecule has 2 rings (SSSR count). The summed E-state index contributed by atoms with van der Waals surface area (Å²) in [4.78, 5) is 8.54. The van der Waals surface area contributed by atoms with Gasteiger partial charge in [0.05, 0.1) is 6.04 Å². The van der Waals surface area contributed by atoms with E-state index in [0.717, 1.165) is 23.6 Å². The van der Waals surface area contributed by atoms with Crippen molar-refractivity contribution in [2.24, 2.45) is 0 Å². The largest absolute Gasteiger partial charge is 0.373 e. The number of hydrogen-bond donors (Lipinski definition) is 2. The number of hydrogen-bond acceptors (Lipinski definition) is 4. The number of aromatic nitrogens is 2. The standard InChI is InChI=1S/C15H20N4/c1-4-13(12-8-6-5-7-9-12)19-15-11(2)14(16-3)17-10-18-15/h5-10,13H,4H2,1-3H3,(H2,16,17,18,19). The zero-order valence-corrected chi connectivity index (χ0v) is 11.6. The van der Waals surface area contributed by atoms with Gasteiger partial charge in [0, 0.05) is 12.6 Å². The number of rotatable bonds is 5. The van der Waals surface area contributed by atoms with Crippen molar-refractivity contribution in [2.75, 3.05) is 17.7 Å². The molecular formula is C15H20N4. The smallest absolute Gasteiger partial charge is 0.134 e. The SMILES string of the molecule is CCC(Nc1ncnc(NC)c1C)c1ccccc1. The van der Waals surface area contributed by atoms with E-state index in [1.807, 2.05) is 20.0 Å². The lowest BCUT2D eigenvalue weighted by Gasteiger charge is -2.20. The summed E-state index contributed by atoms with van der Waals surface area (Å²) in [6, 6.07) is 10.7. The molecule has 0 aliphatic carbocycles. The maximum atomic E-state index is 4.34. The van der Waals surface area contributed by atoms with Gasteiger partial charge in [0.1, 0.15) is 18.0 Å². The zero-order valence-electron chi connectivity index (χ0n) is 11.6. The third-order valence-electron chi connectivity index (χ3n) is 3.24. The second kappa shape index (κ2) is 6.18. The first-order valence-corrected chi connectivity index (χ1v) is 6.57. The minimum atomic E-state index is 0.263. The molecule has 0 bridgehead atoms. The zero-order chi connectivity index (χ0) is 13.7. The Bertz CT molecular complexity index is 525. The molecule has 100 valence electrons. The van der Waals surface area contributed by atoms with E-state index in [0.29, 0.717) is 0 Å². The van der Waals surface area contributed by atoms with Crippen LogP contribution in [0.15, 0.2) is 36.7 Å². The maximum Gasteiger partial charge on any atom is 0.134 e. The molecular weight excluding hydrogens is 236 g/mol. The second-order valence-corrected chi connectivity index (χ2v) is 4.46. The lowest BCUT2D eigenvalue weighted by atomic mass is 10.0. The summed E-state index contributed by atoms with van der Waals surface area (Å²) in [6.07, 6.45) is 2.58. The molecule has 1 aromatic heterocycles. The van der Waals surface area contributed by atoms with Gasteiger partial charge in [-0.05, 0) is 18.9 Å². The van der Waals surface area contributed by atoms with Crippen molar-refractivity contribution < 1.29 is 0 Å². The van der Waals surface area contributed by atoms with Gasteiger partial charge in [0.2, 0.25) is 0 Å². The molecule has 1 heterocycles. The fourth-order valence-corrected chi connectivity index (χ4v) is 2.12. The van der Waals surface area contributed by atoms with Crippen molar-refractivity contribution in [1.29, 1.82) is 0 Å². The normalized spacial score (nSPS) is 11.9. The summed E-state index contributed by atoms with van der Waals surface area (Å²) in [5.41, 5.74) is 2.31. The molecule has 0 aliphatic heterocycles. The third kappa shape index (κ3) is 3.02. The molecule has 0 amide bonds. The molecule has 0 saturated carbocycles. The van der Waals surface area contributed by atoms with Crippen molar-refractivity contribution in [3.63, 3.8) is 0 Å². The van der Waals surface area contributed by atoms with E-state index in [1.165, 1.54) is 5.56 Å². The summed E-state index contributed by atoms with van der Waals surface area (Å²) >= 11 is 0. The molecule has 0 spiro atoms. The van der Waals surface area contributed by atoms with E-state index in [9.17, 15) is 0 Å². The van der Waals surface area contributed by atoms with Crippen LogP contribution >= 0.6 is 0 Å². The molecule has 2 aromatic rings. The van der Waals surface area contributed by atoms with Crippen molar-refractivity contribution in [3.05, 3.63) is 47.8 Å². The highest BCUT2D eigenvalue weighted by Gasteiger charge is 2.12. The minimum absolute atomic E-state index is 0.263. The molecule has 0 aliphatic rings. The molecule has 0 fully saturated rings. The predicted molar refractivity (Wildman–Crippen MR) is 79.4 cm³/mol. The number of nitrogens with zero attached hydrogens (tertiary/aromatic N) is 2. The van der Waals surface area contributed by atoms with E-state index in [-0.39, 0.29) is 6.04 Å². The molecule has 19 heavy (non-hydrogen) atoms. The Labute approximate surface area is 114 Å². The Morgan fingerprint density at radius 3 is 2.42 bits per heavy atom. The number of anilines is 2. The topological polar surface area (TPSA) is 49.8 Å². The molecule has 0 radical (unpaired) electrons. The summed E-state index contributed by atoms with van der Waals surface area (Å²) in [7, 11) is 1.87. The highest BCUT2D eigenvalue weighted by atomic mass is 15.1. The Morgan fingerprint density at radius 1 is 1.11 bits per heavy atom. The van der Waals surface area contributed by atoms with E-state index in [2.05, 4.69) is 51.8 Å². The second-order valence-electron chi connectivity index (χ2n) is 4.46. The lowest BCUT2D eigenvalue weighted by molar-refractivity contribution is 0.742. The molecule has 1 atom stereocenters. The van der Waals surface area contributed by atoms with Gasteiger partial charge in [-0.2, -0.15) is 0 Å². The van der Waals surface area contributed by atoms with Gasteiger partial charge < -0.3 is 10.6 Å². The summed E-state index contributed by atoms with van der Waals surface area (Å²) < 4.78 is 0. The van der Waals surface area contributed by atoms with E-state index in [4.69, 9.17) is 0 Å². The highest BCUT2D eigenvalue weighted by molar-refractivity contribution is 5.56. The van der Waals surface area contributed by atoms with Crippen molar-refractivity contribution in [1.82, 2.24) is 9.97 Å². The molecule has 1 unspecified atom stereocenters. The monoisotopic (exact) mass is 256 g/mol. The average molecular weight is 256 g/mol. The Balaban J connectivity index is 2.24. The molecule has 0 saturated heterocycles. The Hall–Kier alpha value is -2.10. The summed E-state index contributed by atoms with van der Waals surface area (Å²) in [5.74, 6) is 1.75. The van der Waals surface area contributed by atoms with E-state index < -0.39 is 0 Å². The minimum Gasteiger partial charge on any atom is -0.373 e. The van der Waals surface area contributed by atoms with Gasteiger partial charge in [-0.25, -0.2) is 9.97 Å². The first-order valence-electron chi connectivity index (χ1n) is 6.57. The van der Waals surface area contributed by atoms with Crippen LogP contribution in [0.1, 0.15) is 30.5 Å². The van der Waals surface area contributed by atoms with Crippen LogP contribution in [-0.4, -0.2) is 17.0 Å². The van der Waals surface area contributed by atoms with Gasteiger partial charge in [-0.1, -0.05) is 37.3 Å². The van der Waals surface area contributed by atoms with Crippen LogP contribution in [0.2, 0.25) is 0 Å². The number of benzene rings is 1. The maximum absolute atomic E-state index is 4.34. The number of nitrogens with one attached hydrogen (secondary N) is 2. The van der Waals surface area contributed by atoms with Crippen LogP contribution in [0.4, 0.5) is 11.6 Å². The fourth-order valence-electron chi connectivity index (χ4n) is 2.12. The van der Waals surface area contributed by atoms with Gasteiger partial charge in [-0.15, -0.1) is 0 Å². The van der Waals surface area contributed by atoms with Crippen LogP contribution in [0.25, 0.3) is 0 Å². The molecule has 4 nitrogen and oxygen atoms in total. The van der Waals surface area contributed by atoms with Gasteiger partial charge >= 0.3 is 0 Å². The van der Waals surface area contributed by atoms with E-state index >= 15 is 0 Å². The van der Waals surface area contributed by atoms with Crippen LogP contribution in [0, 0.1) is 6.92 Å². The molecule has 1 aromatic carbocycles. The Morgan fingerprint density at radius 2 is 1.79 bits per heavy atom. The quantitative estimate of drug-likeness (QED) is 0.861. The van der Waals surface area contributed by atoms with Crippen molar-refractivity contribution in [2.45, 2.75) is 26.3 Å².